The number of ether oxygens (including phenoxy) is 2. The molecule has 2 rings (SSSR count). The second-order valence-corrected chi connectivity index (χ2v) is 3.74. The van der Waals surface area contributed by atoms with Crippen molar-refractivity contribution in [3.63, 3.8) is 0 Å². The number of benzene rings is 1. The minimum atomic E-state index is -4.81. The van der Waals surface area contributed by atoms with E-state index in [0.717, 1.165) is 6.07 Å². The van der Waals surface area contributed by atoms with Crippen LogP contribution in [0.4, 0.5) is 13.2 Å². The van der Waals surface area contributed by atoms with Crippen molar-refractivity contribution in [3.05, 3.63) is 48.3 Å². The molecule has 0 bridgehead atoms. The molecular formula is C13H10F3NO3. The molecule has 1 N–H and O–H groups in total. The predicted molar refractivity (Wildman–Crippen MR) is 63.4 cm³/mol. The van der Waals surface area contributed by atoms with Crippen molar-refractivity contribution in [1.29, 1.82) is 0 Å². The van der Waals surface area contributed by atoms with Crippen LogP contribution in [0, 0.1) is 0 Å². The van der Waals surface area contributed by atoms with Crippen molar-refractivity contribution in [2.45, 2.75) is 13.0 Å². The van der Waals surface area contributed by atoms with Gasteiger partial charge in [-0.25, -0.2) is 0 Å². The summed E-state index contributed by atoms with van der Waals surface area (Å²) < 4.78 is 46.1. The van der Waals surface area contributed by atoms with E-state index in [1.54, 1.807) is 0 Å². The summed E-state index contributed by atoms with van der Waals surface area (Å²) in [5.74, 6) is -0.354. The first kappa shape index (κ1) is 14.1. The molecule has 0 saturated heterocycles. The highest BCUT2D eigenvalue weighted by molar-refractivity contribution is 5.44. The number of hydrogen-bond acceptors (Lipinski definition) is 4. The maximum Gasteiger partial charge on any atom is 0.573 e. The third kappa shape index (κ3) is 3.61. The van der Waals surface area contributed by atoms with Gasteiger partial charge in [0, 0.05) is 18.0 Å². The van der Waals surface area contributed by atoms with E-state index in [0.29, 0.717) is 5.56 Å². The molecule has 2 aromatic rings. The van der Waals surface area contributed by atoms with Crippen molar-refractivity contribution in [3.8, 4) is 17.2 Å². The predicted octanol–water partition coefficient (Wildman–Crippen LogP) is 3.26. The van der Waals surface area contributed by atoms with Crippen molar-refractivity contribution >= 4 is 0 Å². The molecule has 7 heteroatoms. The first-order valence-electron chi connectivity index (χ1n) is 5.56. The summed E-state index contributed by atoms with van der Waals surface area (Å²) in [7, 11) is 0. The zero-order valence-corrected chi connectivity index (χ0v) is 10.1. The highest BCUT2D eigenvalue weighted by Crippen LogP contribution is 2.35. The van der Waals surface area contributed by atoms with Gasteiger partial charge in [-0.15, -0.1) is 13.2 Å². The van der Waals surface area contributed by atoms with Crippen molar-refractivity contribution in [1.82, 2.24) is 4.98 Å². The smallest absolute Gasteiger partial charge is 0.453 e. The Balaban J connectivity index is 2.29. The molecule has 1 aromatic carbocycles. The standard InChI is InChI=1S/C13H10F3NO3/c14-13(15,16)20-12-4-2-1-3-11(12)19-10-5-6-17-7-9(10)8-18/h1-7,18H,8H2. The minimum Gasteiger partial charge on any atom is -0.453 e. The Labute approximate surface area is 112 Å². The zero-order valence-electron chi connectivity index (χ0n) is 10.1. The minimum absolute atomic E-state index is 0.106. The summed E-state index contributed by atoms with van der Waals surface area (Å²) >= 11 is 0. The van der Waals surface area contributed by atoms with Crippen LogP contribution in [0.2, 0.25) is 0 Å². The normalized spacial score (nSPS) is 11.2. The Morgan fingerprint density at radius 1 is 1.05 bits per heavy atom. The van der Waals surface area contributed by atoms with Gasteiger partial charge in [0.15, 0.2) is 11.5 Å². The number of alkyl halides is 3. The molecule has 0 amide bonds. The summed E-state index contributed by atoms with van der Waals surface area (Å²) in [6.07, 6.45) is -2.04. The first-order valence-corrected chi connectivity index (χ1v) is 5.56. The van der Waals surface area contributed by atoms with Crippen LogP contribution in [0.1, 0.15) is 5.56 Å². The quantitative estimate of drug-likeness (QED) is 0.936. The molecule has 1 heterocycles. The third-order valence-electron chi connectivity index (χ3n) is 2.32. The lowest BCUT2D eigenvalue weighted by molar-refractivity contribution is -0.275. The fourth-order valence-corrected chi connectivity index (χ4v) is 1.49. The summed E-state index contributed by atoms with van der Waals surface area (Å²) in [5.41, 5.74) is 0.356. The maximum absolute atomic E-state index is 12.3. The van der Waals surface area contributed by atoms with Gasteiger partial charge in [0.1, 0.15) is 5.75 Å². The van der Waals surface area contributed by atoms with Crippen LogP contribution >= 0.6 is 0 Å². The molecule has 0 aliphatic heterocycles. The van der Waals surface area contributed by atoms with Crippen molar-refractivity contribution in [2.24, 2.45) is 0 Å². The van der Waals surface area contributed by atoms with Gasteiger partial charge in [-0.2, -0.15) is 0 Å². The number of para-hydroxylation sites is 2. The van der Waals surface area contributed by atoms with E-state index in [4.69, 9.17) is 9.84 Å². The average Bonchev–Trinajstić information content (AvgIpc) is 2.40. The Bertz CT molecular complexity index is 587. The molecule has 0 saturated carbocycles. The van der Waals surface area contributed by atoms with Gasteiger partial charge >= 0.3 is 6.36 Å². The number of rotatable bonds is 4. The Morgan fingerprint density at radius 3 is 2.40 bits per heavy atom. The summed E-state index contributed by atoms with van der Waals surface area (Å²) in [4.78, 5) is 3.79. The molecule has 20 heavy (non-hydrogen) atoms. The molecule has 0 aliphatic rings. The van der Waals surface area contributed by atoms with Gasteiger partial charge in [-0.3, -0.25) is 4.98 Å². The number of aromatic nitrogens is 1. The SMILES string of the molecule is OCc1cnccc1Oc1ccccc1OC(F)(F)F. The number of hydrogen-bond donors (Lipinski definition) is 1. The molecule has 1 aromatic heterocycles. The lowest BCUT2D eigenvalue weighted by atomic mass is 10.2. The zero-order chi connectivity index (χ0) is 14.6. The second kappa shape index (κ2) is 5.79. The molecule has 0 radical (unpaired) electrons. The number of nitrogens with zero attached hydrogens (tertiary/aromatic N) is 1. The maximum atomic E-state index is 12.3. The fraction of sp³-hybridized carbons (Fsp3) is 0.154. The molecule has 106 valence electrons. The summed E-state index contributed by atoms with van der Waals surface area (Å²) in [6.45, 7) is -0.342. The number of halogens is 3. The summed E-state index contributed by atoms with van der Waals surface area (Å²) in [6, 6.07) is 6.83. The number of pyridine rings is 1. The highest BCUT2D eigenvalue weighted by atomic mass is 19.4. The van der Waals surface area contributed by atoms with Gasteiger partial charge in [0.2, 0.25) is 0 Å². The van der Waals surface area contributed by atoms with Gasteiger partial charge in [0.05, 0.1) is 6.61 Å². The van der Waals surface area contributed by atoms with Crippen molar-refractivity contribution < 1.29 is 27.8 Å². The molecule has 0 unspecified atom stereocenters. The lowest BCUT2D eigenvalue weighted by Crippen LogP contribution is -2.17. The molecule has 0 atom stereocenters. The van der Waals surface area contributed by atoms with Crippen LogP contribution < -0.4 is 9.47 Å². The van der Waals surface area contributed by atoms with Gasteiger partial charge in [0.25, 0.3) is 0 Å². The number of aliphatic hydroxyl groups is 1. The van der Waals surface area contributed by atoms with E-state index >= 15 is 0 Å². The highest BCUT2D eigenvalue weighted by Gasteiger charge is 2.32. The number of aliphatic hydroxyl groups excluding tert-OH is 1. The second-order valence-electron chi connectivity index (χ2n) is 3.74. The topological polar surface area (TPSA) is 51.6 Å². The van der Waals surface area contributed by atoms with E-state index < -0.39 is 12.1 Å². The monoisotopic (exact) mass is 285 g/mol. The molecule has 4 nitrogen and oxygen atoms in total. The Hall–Kier alpha value is -2.28. The van der Waals surface area contributed by atoms with E-state index in [2.05, 4.69) is 9.72 Å². The van der Waals surface area contributed by atoms with Gasteiger partial charge < -0.3 is 14.6 Å². The third-order valence-corrected chi connectivity index (χ3v) is 2.32. The van der Waals surface area contributed by atoms with Crippen LogP contribution in [0.25, 0.3) is 0 Å². The average molecular weight is 285 g/mol. The van der Waals surface area contributed by atoms with Crippen LogP contribution in [-0.4, -0.2) is 16.5 Å². The van der Waals surface area contributed by atoms with Crippen LogP contribution in [0.3, 0.4) is 0 Å². The first-order chi connectivity index (χ1) is 9.49. The van der Waals surface area contributed by atoms with E-state index in [-0.39, 0.29) is 18.1 Å². The Morgan fingerprint density at radius 2 is 1.75 bits per heavy atom. The van der Waals surface area contributed by atoms with E-state index in [1.165, 1.54) is 36.7 Å². The van der Waals surface area contributed by atoms with E-state index in [1.807, 2.05) is 0 Å². The fourth-order valence-electron chi connectivity index (χ4n) is 1.49. The summed E-state index contributed by atoms with van der Waals surface area (Å²) in [5, 5.41) is 9.12. The van der Waals surface area contributed by atoms with Crippen LogP contribution in [-0.2, 0) is 6.61 Å². The van der Waals surface area contributed by atoms with Crippen molar-refractivity contribution in [2.75, 3.05) is 0 Å². The largest absolute Gasteiger partial charge is 0.573 e. The van der Waals surface area contributed by atoms with Gasteiger partial charge in [-0.1, -0.05) is 12.1 Å². The molecule has 0 spiro atoms. The molecule has 0 fully saturated rings. The molecular weight excluding hydrogens is 275 g/mol. The van der Waals surface area contributed by atoms with Gasteiger partial charge in [-0.05, 0) is 18.2 Å². The van der Waals surface area contributed by atoms with Crippen LogP contribution in [0.15, 0.2) is 42.7 Å². The van der Waals surface area contributed by atoms with Crippen LogP contribution in [0.5, 0.6) is 17.2 Å². The Kier molecular flexibility index (Phi) is 4.09. The lowest BCUT2D eigenvalue weighted by Gasteiger charge is -2.14. The van der Waals surface area contributed by atoms with E-state index in [9.17, 15) is 13.2 Å². The molecule has 0 aliphatic carbocycles.